The van der Waals surface area contributed by atoms with Crippen LogP contribution >= 0.6 is 0 Å². The lowest BCUT2D eigenvalue weighted by Gasteiger charge is -2.12. The lowest BCUT2D eigenvalue weighted by molar-refractivity contribution is -0.141. The lowest BCUT2D eigenvalue weighted by atomic mass is 10.0. The second kappa shape index (κ2) is 9.39. The summed E-state index contributed by atoms with van der Waals surface area (Å²) in [5.41, 5.74) is 0.837. The third-order valence-corrected chi connectivity index (χ3v) is 5.11. The van der Waals surface area contributed by atoms with Gasteiger partial charge in [-0.1, -0.05) is 25.5 Å². The Morgan fingerprint density at radius 2 is 1.83 bits per heavy atom. The van der Waals surface area contributed by atoms with Crippen LogP contribution in [-0.4, -0.2) is 39.0 Å². The van der Waals surface area contributed by atoms with Crippen molar-refractivity contribution in [2.24, 2.45) is 5.92 Å². The second-order valence-corrected chi connectivity index (χ2v) is 7.37. The fraction of sp³-hybridized carbons (Fsp3) is 0.500. The molecule has 0 saturated heterocycles. The number of hydrogen-bond acceptors (Lipinski definition) is 4. The van der Waals surface area contributed by atoms with Gasteiger partial charge in [-0.2, -0.15) is 0 Å². The van der Waals surface area contributed by atoms with Crippen molar-refractivity contribution in [3.8, 4) is 0 Å². The molecule has 1 unspecified atom stereocenters. The molecular weight excluding hydrogens is 332 g/mol. The number of hydrogen-bond donors (Lipinski definition) is 3. The Balaban J connectivity index is 2.48. The van der Waals surface area contributed by atoms with E-state index in [0.717, 1.165) is 12.0 Å². The maximum absolute atomic E-state index is 11.8. The van der Waals surface area contributed by atoms with Gasteiger partial charge in [0, 0.05) is 13.0 Å². The molecule has 0 aliphatic rings. The van der Waals surface area contributed by atoms with E-state index in [1.54, 1.807) is 12.1 Å². The van der Waals surface area contributed by atoms with Crippen LogP contribution < -0.4 is 10.0 Å². The molecule has 24 heavy (non-hydrogen) atoms. The van der Waals surface area contributed by atoms with Gasteiger partial charge in [-0.15, -0.1) is 0 Å². The van der Waals surface area contributed by atoms with Gasteiger partial charge < -0.3 is 10.4 Å². The molecule has 1 aromatic carbocycles. The molecule has 0 saturated carbocycles. The first-order chi connectivity index (χ1) is 11.3. The normalized spacial score (nSPS) is 12.6. The molecule has 0 aliphatic heterocycles. The Morgan fingerprint density at radius 3 is 2.33 bits per heavy atom. The minimum Gasteiger partial charge on any atom is -0.481 e. The smallest absolute Gasteiger partial charge is 0.308 e. The summed E-state index contributed by atoms with van der Waals surface area (Å²) >= 11 is 0. The molecule has 134 valence electrons. The van der Waals surface area contributed by atoms with Crippen LogP contribution in [-0.2, 0) is 26.0 Å². The molecule has 0 heterocycles. The van der Waals surface area contributed by atoms with Crippen LogP contribution in [0.2, 0.25) is 0 Å². The Kier molecular flexibility index (Phi) is 7.87. The van der Waals surface area contributed by atoms with Crippen molar-refractivity contribution in [1.29, 1.82) is 0 Å². The molecule has 1 aromatic rings. The van der Waals surface area contributed by atoms with E-state index in [4.69, 9.17) is 5.11 Å². The maximum atomic E-state index is 11.8. The van der Waals surface area contributed by atoms with Crippen LogP contribution in [0, 0.1) is 5.92 Å². The number of carboxylic acids is 1. The molecule has 7 nitrogen and oxygen atoms in total. The SMILES string of the molecule is CCCC(CNC(=O)CCc1ccc(S(=O)(=O)NC)cc1)C(=O)O. The molecule has 1 rings (SSSR count). The third kappa shape index (κ3) is 6.29. The molecule has 8 heteroatoms. The van der Waals surface area contributed by atoms with Gasteiger partial charge in [-0.25, -0.2) is 13.1 Å². The monoisotopic (exact) mass is 356 g/mol. The van der Waals surface area contributed by atoms with E-state index in [2.05, 4.69) is 10.0 Å². The highest BCUT2D eigenvalue weighted by molar-refractivity contribution is 7.89. The molecule has 0 aromatic heterocycles. The van der Waals surface area contributed by atoms with Gasteiger partial charge in [0.25, 0.3) is 0 Å². The summed E-state index contributed by atoms with van der Waals surface area (Å²) in [6.45, 7) is 2.02. The minimum absolute atomic E-state index is 0.126. The first kappa shape index (κ1) is 20.1. The van der Waals surface area contributed by atoms with Crippen LogP contribution in [0.3, 0.4) is 0 Å². The average molecular weight is 356 g/mol. The summed E-state index contributed by atoms with van der Waals surface area (Å²) in [4.78, 5) is 23.0. The van der Waals surface area contributed by atoms with Crippen LogP contribution in [0.25, 0.3) is 0 Å². The number of carbonyl (C=O) groups excluding carboxylic acids is 1. The first-order valence-corrected chi connectivity index (χ1v) is 9.30. The number of aryl methyl sites for hydroxylation is 1. The number of carbonyl (C=O) groups is 2. The highest BCUT2D eigenvalue weighted by Gasteiger charge is 2.17. The molecule has 1 amide bonds. The lowest BCUT2D eigenvalue weighted by Crippen LogP contribution is -2.33. The van der Waals surface area contributed by atoms with Gasteiger partial charge in [0.15, 0.2) is 0 Å². The Hall–Kier alpha value is -1.93. The minimum atomic E-state index is -3.46. The first-order valence-electron chi connectivity index (χ1n) is 7.82. The van der Waals surface area contributed by atoms with Crippen LogP contribution in [0.5, 0.6) is 0 Å². The van der Waals surface area contributed by atoms with Gasteiger partial charge in [0.2, 0.25) is 15.9 Å². The Labute approximate surface area is 142 Å². The number of rotatable bonds is 10. The summed E-state index contributed by atoms with van der Waals surface area (Å²) in [6.07, 6.45) is 1.94. The van der Waals surface area contributed by atoms with Gasteiger partial charge in [-0.05, 0) is 37.6 Å². The molecule has 0 aliphatic carbocycles. The summed E-state index contributed by atoms with van der Waals surface area (Å²) in [5, 5.41) is 11.7. The van der Waals surface area contributed by atoms with Crippen molar-refractivity contribution in [3.63, 3.8) is 0 Å². The van der Waals surface area contributed by atoms with Crippen molar-refractivity contribution in [2.75, 3.05) is 13.6 Å². The van der Waals surface area contributed by atoms with Gasteiger partial charge in [0.1, 0.15) is 0 Å². The van der Waals surface area contributed by atoms with E-state index in [1.807, 2.05) is 6.92 Å². The van der Waals surface area contributed by atoms with Gasteiger partial charge >= 0.3 is 5.97 Å². The number of aliphatic carboxylic acids is 1. The van der Waals surface area contributed by atoms with E-state index >= 15 is 0 Å². The largest absolute Gasteiger partial charge is 0.481 e. The zero-order valence-corrected chi connectivity index (χ0v) is 14.7. The van der Waals surface area contributed by atoms with Crippen molar-refractivity contribution < 1.29 is 23.1 Å². The van der Waals surface area contributed by atoms with Crippen molar-refractivity contribution in [1.82, 2.24) is 10.0 Å². The summed E-state index contributed by atoms with van der Waals surface area (Å²) < 4.78 is 25.5. The van der Waals surface area contributed by atoms with Crippen LogP contribution in [0.1, 0.15) is 31.7 Å². The fourth-order valence-corrected chi connectivity index (χ4v) is 2.93. The quantitative estimate of drug-likeness (QED) is 0.582. The van der Waals surface area contributed by atoms with Crippen molar-refractivity contribution in [2.45, 2.75) is 37.5 Å². The molecular formula is C16H24N2O5S. The maximum Gasteiger partial charge on any atom is 0.308 e. The third-order valence-electron chi connectivity index (χ3n) is 3.68. The standard InChI is InChI=1S/C16H24N2O5S/c1-3-4-13(16(20)21)11-18-15(19)10-7-12-5-8-14(9-6-12)24(22,23)17-2/h5-6,8-9,13,17H,3-4,7,10-11H2,1-2H3,(H,18,19)(H,20,21). The predicted octanol–water partition coefficient (Wildman–Crippen LogP) is 1.14. The average Bonchev–Trinajstić information content (AvgIpc) is 2.56. The molecule has 0 fully saturated rings. The van der Waals surface area contributed by atoms with E-state index in [-0.39, 0.29) is 23.8 Å². The number of sulfonamides is 1. The van der Waals surface area contributed by atoms with E-state index in [0.29, 0.717) is 12.8 Å². The zero-order chi connectivity index (χ0) is 18.2. The van der Waals surface area contributed by atoms with E-state index in [1.165, 1.54) is 19.2 Å². The fourth-order valence-electron chi connectivity index (χ4n) is 2.20. The topological polar surface area (TPSA) is 113 Å². The summed E-state index contributed by atoms with van der Waals surface area (Å²) in [5.74, 6) is -1.69. The van der Waals surface area contributed by atoms with Crippen LogP contribution in [0.4, 0.5) is 0 Å². The molecule has 0 bridgehead atoms. The van der Waals surface area contributed by atoms with E-state index in [9.17, 15) is 18.0 Å². The molecule has 3 N–H and O–H groups in total. The number of amides is 1. The molecule has 0 radical (unpaired) electrons. The Bertz CT molecular complexity index is 656. The molecule has 0 spiro atoms. The number of benzene rings is 1. The summed E-state index contributed by atoms with van der Waals surface area (Å²) in [6, 6.07) is 6.30. The number of carboxylic acid groups (broad SMARTS) is 1. The summed E-state index contributed by atoms with van der Waals surface area (Å²) in [7, 11) is -2.12. The van der Waals surface area contributed by atoms with Crippen LogP contribution in [0.15, 0.2) is 29.2 Å². The second-order valence-electron chi connectivity index (χ2n) is 5.48. The highest BCUT2D eigenvalue weighted by atomic mass is 32.2. The van der Waals surface area contributed by atoms with Crippen molar-refractivity contribution in [3.05, 3.63) is 29.8 Å². The zero-order valence-electron chi connectivity index (χ0n) is 13.9. The number of nitrogens with one attached hydrogen (secondary N) is 2. The highest BCUT2D eigenvalue weighted by Crippen LogP contribution is 2.11. The van der Waals surface area contributed by atoms with Gasteiger partial charge in [-0.3, -0.25) is 9.59 Å². The Morgan fingerprint density at radius 1 is 1.21 bits per heavy atom. The predicted molar refractivity (Wildman–Crippen MR) is 90.1 cm³/mol. The van der Waals surface area contributed by atoms with E-state index < -0.39 is 21.9 Å². The molecule has 1 atom stereocenters. The van der Waals surface area contributed by atoms with Gasteiger partial charge in [0.05, 0.1) is 10.8 Å². The van der Waals surface area contributed by atoms with Crippen molar-refractivity contribution >= 4 is 21.9 Å².